The summed E-state index contributed by atoms with van der Waals surface area (Å²) in [6.45, 7) is 1.75. The first-order valence-electron chi connectivity index (χ1n) is 5.92. The van der Waals surface area contributed by atoms with Crippen LogP contribution in [0.4, 0.5) is 11.4 Å². The van der Waals surface area contributed by atoms with Crippen LogP contribution in [0.3, 0.4) is 0 Å². The Labute approximate surface area is 116 Å². The zero-order valence-corrected chi connectivity index (χ0v) is 10.8. The van der Waals surface area contributed by atoms with Crippen LogP contribution >= 0.6 is 0 Å². The lowest BCUT2D eigenvalue weighted by Crippen LogP contribution is -2.13. The van der Waals surface area contributed by atoms with E-state index in [-0.39, 0.29) is 11.7 Å². The van der Waals surface area contributed by atoms with E-state index in [0.717, 1.165) is 0 Å². The maximum Gasteiger partial charge on any atom is 0.255 e. The van der Waals surface area contributed by atoms with Crippen molar-refractivity contribution in [3.05, 3.63) is 53.1 Å². The van der Waals surface area contributed by atoms with Crippen molar-refractivity contribution in [1.82, 2.24) is 0 Å². The molecule has 0 aliphatic heterocycles. The van der Waals surface area contributed by atoms with E-state index in [0.29, 0.717) is 28.1 Å². The molecule has 5 nitrogen and oxygen atoms in total. The molecule has 0 atom stereocenters. The highest BCUT2D eigenvalue weighted by molar-refractivity contribution is 6.06. The number of nitrogens with two attached hydrogens (primary N) is 1. The van der Waals surface area contributed by atoms with Crippen LogP contribution in [0.1, 0.15) is 21.5 Å². The third kappa shape index (κ3) is 2.70. The number of anilines is 2. The van der Waals surface area contributed by atoms with Gasteiger partial charge >= 0.3 is 0 Å². The van der Waals surface area contributed by atoms with Gasteiger partial charge in [0.15, 0.2) is 0 Å². The Hall–Kier alpha value is -3.00. The van der Waals surface area contributed by atoms with Crippen molar-refractivity contribution in [2.24, 2.45) is 0 Å². The predicted molar refractivity (Wildman–Crippen MR) is 76.4 cm³/mol. The molecule has 2 aromatic carbocycles. The van der Waals surface area contributed by atoms with Crippen LogP contribution in [0.15, 0.2) is 36.4 Å². The van der Waals surface area contributed by atoms with E-state index >= 15 is 0 Å². The van der Waals surface area contributed by atoms with E-state index in [1.54, 1.807) is 31.2 Å². The summed E-state index contributed by atoms with van der Waals surface area (Å²) in [7, 11) is 0. The first-order chi connectivity index (χ1) is 9.51. The average Bonchev–Trinajstić information content (AvgIpc) is 2.43. The molecule has 0 saturated carbocycles. The molecular weight excluding hydrogens is 254 g/mol. The summed E-state index contributed by atoms with van der Waals surface area (Å²) in [5, 5.41) is 21.0. The first-order valence-corrected chi connectivity index (χ1v) is 5.92. The zero-order valence-electron chi connectivity index (χ0n) is 10.8. The molecule has 0 spiro atoms. The lowest BCUT2D eigenvalue weighted by Gasteiger charge is -2.09. The fraction of sp³-hybridized carbons (Fsp3) is 0.0667. The third-order valence-electron chi connectivity index (χ3n) is 2.90. The van der Waals surface area contributed by atoms with Crippen LogP contribution < -0.4 is 11.1 Å². The number of rotatable bonds is 2. The molecule has 100 valence electrons. The molecular formula is C15H13N3O2. The molecule has 0 bridgehead atoms. The Bertz CT molecular complexity index is 718. The molecule has 0 aromatic heterocycles. The maximum atomic E-state index is 12.0. The molecule has 2 aromatic rings. The number of hydrogen-bond acceptors (Lipinski definition) is 4. The average molecular weight is 267 g/mol. The number of carbonyl (C=O) groups is 1. The molecule has 0 unspecified atom stereocenters. The van der Waals surface area contributed by atoms with Gasteiger partial charge in [0.25, 0.3) is 5.91 Å². The van der Waals surface area contributed by atoms with E-state index in [1.807, 2.05) is 6.07 Å². The molecule has 0 aliphatic rings. The smallest absolute Gasteiger partial charge is 0.255 e. The quantitative estimate of drug-likeness (QED) is 0.727. The second-order valence-corrected chi connectivity index (χ2v) is 4.37. The summed E-state index contributed by atoms with van der Waals surface area (Å²) < 4.78 is 0. The molecule has 20 heavy (non-hydrogen) atoms. The minimum atomic E-state index is -0.378. The number of nitrogens with zero attached hydrogens (tertiary/aromatic N) is 1. The number of benzene rings is 2. The third-order valence-corrected chi connectivity index (χ3v) is 2.90. The molecule has 0 saturated heterocycles. The number of phenols is 1. The van der Waals surface area contributed by atoms with Crippen LogP contribution in [0, 0.1) is 18.3 Å². The van der Waals surface area contributed by atoms with Gasteiger partial charge in [-0.2, -0.15) is 5.26 Å². The van der Waals surface area contributed by atoms with Gasteiger partial charge < -0.3 is 16.2 Å². The largest absolute Gasteiger partial charge is 0.508 e. The molecule has 0 heterocycles. The van der Waals surface area contributed by atoms with Crippen LogP contribution in [-0.2, 0) is 0 Å². The number of nitrogen functional groups attached to an aromatic ring is 1. The molecule has 4 N–H and O–H groups in total. The number of amides is 1. The van der Waals surface area contributed by atoms with E-state index in [2.05, 4.69) is 5.32 Å². The van der Waals surface area contributed by atoms with Crippen LogP contribution in [-0.4, -0.2) is 11.0 Å². The maximum absolute atomic E-state index is 12.0. The van der Waals surface area contributed by atoms with Crippen LogP contribution in [0.5, 0.6) is 5.75 Å². The predicted octanol–water partition coefficient (Wildman–Crippen LogP) is 2.41. The second kappa shape index (κ2) is 5.33. The number of nitriles is 1. The number of aryl methyl sites for hydroxylation is 1. The van der Waals surface area contributed by atoms with Gasteiger partial charge in [0.2, 0.25) is 0 Å². The molecule has 0 radical (unpaired) electrons. The Morgan fingerprint density at radius 1 is 1.30 bits per heavy atom. The summed E-state index contributed by atoms with van der Waals surface area (Å²) in [4.78, 5) is 12.0. The summed E-state index contributed by atoms with van der Waals surface area (Å²) in [6.07, 6.45) is 0. The van der Waals surface area contributed by atoms with E-state index < -0.39 is 0 Å². The lowest BCUT2D eigenvalue weighted by molar-refractivity contribution is 0.102. The first kappa shape index (κ1) is 13.4. The van der Waals surface area contributed by atoms with Gasteiger partial charge in [-0.05, 0) is 42.8 Å². The second-order valence-electron chi connectivity index (χ2n) is 4.37. The van der Waals surface area contributed by atoms with Crippen molar-refractivity contribution in [3.8, 4) is 11.8 Å². The Balaban J connectivity index is 2.23. The Kier molecular flexibility index (Phi) is 3.58. The zero-order chi connectivity index (χ0) is 14.7. The Morgan fingerprint density at radius 3 is 2.65 bits per heavy atom. The van der Waals surface area contributed by atoms with Gasteiger partial charge in [-0.15, -0.1) is 0 Å². The van der Waals surface area contributed by atoms with Crippen molar-refractivity contribution >= 4 is 17.3 Å². The number of aromatic hydroxyl groups is 1. The summed E-state index contributed by atoms with van der Waals surface area (Å²) >= 11 is 0. The minimum Gasteiger partial charge on any atom is -0.508 e. The summed E-state index contributed by atoms with van der Waals surface area (Å²) in [6, 6.07) is 11.3. The van der Waals surface area contributed by atoms with Crippen molar-refractivity contribution < 1.29 is 9.90 Å². The monoisotopic (exact) mass is 267 g/mol. The normalized spacial score (nSPS) is 9.80. The molecule has 1 amide bonds. The number of carbonyl (C=O) groups excluding carboxylic acids is 1. The van der Waals surface area contributed by atoms with Crippen molar-refractivity contribution in [2.75, 3.05) is 11.1 Å². The van der Waals surface area contributed by atoms with Gasteiger partial charge in [-0.25, -0.2) is 0 Å². The fourth-order valence-corrected chi connectivity index (χ4v) is 1.69. The molecule has 0 aliphatic carbocycles. The Morgan fingerprint density at radius 2 is 2.05 bits per heavy atom. The minimum absolute atomic E-state index is 0.0606. The van der Waals surface area contributed by atoms with Crippen LogP contribution in [0.25, 0.3) is 0 Å². The van der Waals surface area contributed by atoms with Crippen LogP contribution in [0.2, 0.25) is 0 Å². The van der Waals surface area contributed by atoms with E-state index in [4.69, 9.17) is 11.0 Å². The van der Waals surface area contributed by atoms with Gasteiger partial charge in [-0.1, -0.05) is 6.07 Å². The summed E-state index contributed by atoms with van der Waals surface area (Å²) in [5.74, 6) is -0.317. The summed E-state index contributed by atoms with van der Waals surface area (Å²) in [5.41, 5.74) is 7.95. The highest BCUT2D eigenvalue weighted by Gasteiger charge is 2.10. The van der Waals surface area contributed by atoms with Crippen molar-refractivity contribution in [3.63, 3.8) is 0 Å². The van der Waals surface area contributed by atoms with Gasteiger partial charge in [0.1, 0.15) is 5.75 Å². The van der Waals surface area contributed by atoms with E-state index in [1.165, 1.54) is 12.1 Å². The number of hydrogen-bond donors (Lipinski definition) is 3. The van der Waals surface area contributed by atoms with Gasteiger partial charge in [0.05, 0.1) is 23.0 Å². The highest BCUT2D eigenvalue weighted by Crippen LogP contribution is 2.22. The molecule has 2 rings (SSSR count). The standard InChI is InChI=1S/C15H13N3O2/c1-9-2-4-11(7-14(9)19)15(20)18-13-5-3-10(8-16)6-12(13)17/h2-7,19H,17H2,1H3,(H,18,20). The molecule has 0 fully saturated rings. The fourth-order valence-electron chi connectivity index (χ4n) is 1.69. The van der Waals surface area contributed by atoms with E-state index in [9.17, 15) is 9.90 Å². The van der Waals surface area contributed by atoms with Crippen molar-refractivity contribution in [2.45, 2.75) is 6.92 Å². The van der Waals surface area contributed by atoms with Crippen molar-refractivity contribution in [1.29, 1.82) is 5.26 Å². The SMILES string of the molecule is Cc1ccc(C(=O)Nc2ccc(C#N)cc2N)cc1O. The molecule has 5 heteroatoms. The van der Waals surface area contributed by atoms with Gasteiger partial charge in [-0.3, -0.25) is 4.79 Å². The number of phenolic OH excluding ortho intramolecular Hbond substituents is 1. The number of nitrogens with one attached hydrogen (secondary N) is 1. The lowest BCUT2D eigenvalue weighted by atomic mass is 10.1. The highest BCUT2D eigenvalue weighted by atomic mass is 16.3. The van der Waals surface area contributed by atoms with Gasteiger partial charge in [0, 0.05) is 5.56 Å². The topological polar surface area (TPSA) is 99.1 Å².